The molecule has 0 rings (SSSR count). The maximum Gasteiger partial charge on any atom is 0.507 e. The summed E-state index contributed by atoms with van der Waals surface area (Å²) in [5.74, 6) is -0.236. The molecule has 0 aliphatic heterocycles. The summed E-state index contributed by atoms with van der Waals surface area (Å²) in [5, 5.41) is 5.12. The van der Waals surface area contributed by atoms with Crippen molar-refractivity contribution in [2.24, 2.45) is 0 Å². The Bertz CT molecular complexity index is 412. The van der Waals surface area contributed by atoms with Crippen LogP contribution in [0.5, 0.6) is 0 Å². The average Bonchev–Trinajstić information content (AvgIpc) is 2.74. The summed E-state index contributed by atoms with van der Waals surface area (Å²) in [6.45, 7) is 7.40. The molecule has 0 atom stereocenters. The third kappa shape index (κ3) is 133. The maximum atomic E-state index is 9.78. The third-order valence-electron chi connectivity index (χ3n) is 1.90. The van der Waals surface area contributed by atoms with Gasteiger partial charge in [0.05, 0.1) is 21.3 Å². The summed E-state index contributed by atoms with van der Waals surface area (Å²) in [6, 6.07) is 0. The van der Waals surface area contributed by atoms with Gasteiger partial charge in [-0.3, -0.25) is 24.0 Å². The van der Waals surface area contributed by atoms with Gasteiger partial charge in [0.2, 0.25) is 11.8 Å². The lowest BCUT2D eigenvalue weighted by Gasteiger charge is -1.89. The minimum atomic E-state index is -0.657. The van der Waals surface area contributed by atoms with Crippen LogP contribution in [-0.4, -0.2) is 82.1 Å². The number of esters is 1. The maximum absolute atomic E-state index is 9.78. The van der Waals surface area contributed by atoms with Gasteiger partial charge in [-0.25, -0.2) is 4.79 Å². The highest BCUT2D eigenvalue weighted by atomic mass is 32.2. The minimum Gasteiger partial charge on any atom is -0.469 e. The van der Waals surface area contributed by atoms with Crippen LogP contribution in [0.3, 0.4) is 0 Å². The summed E-state index contributed by atoms with van der Waals surface area (Å²) in [6.07, 6.45) is 2.88. The van der Waals surface area contributed by atoms with Gasteiger partial charge in [-0.2, -0.15) is 0 Å². The van der Waals surface area contributed by atoms with Crippen LogP contribution in [0.2, 0.25) is 0 Å². The smallest absolute Gasteiger partial charge is 0.469 e. The predicted molar refractivity (Wildman–Crippen MR) is 129 cm³/mol. The van der Waals surface area contributed by atoms with Crippen LogP contribution >= 0.6 is 23.5 Å². The molecule has 11 nitrogen and oxygen atoms in total. The standard InChI is InChI=1S/2C3H7NO.C3H6O3.C3H6O2.2C3H6OS.2H2/c2*1-3(5)4-2;1-5-3(4)6-2;3*1-3(4)5-2;;/h2*1-2H3,(H,4,5);1-2H3;3*1-2H3;2*1H. The van der Waals surface area contributed by atoms with Crippen LogP contribution in [0.4, 0.5) is 4.79 Å². The number of nitrogens with one attached hydrogen (secondary N) is 2. The van der Waals surface area contributed by atoms with E-state index in [1.165, 1.54) is 65.6 Å². The van der Waals surface area contributed by atoms with E-state index in [1.54, 1.807) is 40.5 Å². The van der Waals surface area contributed by atoms with E-state index in [2.05, 4.69) is 24.8 Å². The van der Waals surface area contributed by atoms with E-state index < -0.39 is 6.16 Å². The van der Waals surface area contributed by atoms with Gasteiger partial charge in [-0.15, -0.1) is 0 Å². The van der Waals surface area contributed by atoms with Gasteiger partial charge >= 0.3 is 12.1 Å². The third-order valence-corrected chi connectivity index (χ3v) is 3.05. The monoisotopic (exact) mass is 494 g/mol. The zero-order valence-electron chi connectivity index (χ0n) is 20.5. The number of thioether (sulfide) groups is 2. The van der Waals surface area contributed by atoms with Crippen molar-refractivity contribution in [2.45, 2.75) is 34.6 Å². The summed E-state index contributed by atoms with van der Waals surface area (Å²) >= 11 is 2.48. The molecule has 13 heteroatoms. The Hall–Kier alpha value is -2.28. The molecule has 0 aliphatic carbocycles. The summed E-state index contributed by atoms with van der Waals surface area (Å²) in [5.41, 5.74) is 0. The highest BCUT2D eigenvalue weighted by Crippen LogP contribution is 1.88. The highest BCUT2D eigenvalue weighted by Gasteiger charge is 1.88. The molecule has 190 valence electrons. The molecular formula is C18H42N2O9S2. The van der Waals surface area contributed by atoms with Crippen molar-refractivity contribution in [1.29, 1.82) is 0 Å². The SMILES string of the molecule is CNC(C)=O.CNC(C)=O.COC(=O)OC.COC(C)=O.CSC(C)=O.CSC(C)=O.[HH].[HH]. The van der Waals surface area contributed by atoms with Gasteiger partial charge in [0.1, 0.15) is 0 Å². The average molecular weight is 495 g/mol. The number of carbonyl (C=O) groups is 6. The van der Waals surface area contributed by atoms with Crippen LogP contribution in [0, 0.1) is 0 Å². The fraction of sp³-hybridized carbons (Fsp3) is 0.667. The second kappa shape index (κ2) is 38.3. The molecule has 0 fully saturated rings. The van der Waals surface area contributed by atoms with Gasteiger partial charge in [0, 0.05) is 51.6 Å². The number of amides is 2. The van der Waals surface area contributed by atoms with Crippen LogP contribution in [-0.2, 0) is 38.2 Å². The Kier molecular flexibility index (Phi) is 52.9. The molecule has 0 aromatic carbocycles. The Morgan fingerprint density at radius 3 is 0.774 bits per heavy atom. The van der Waals surface area contributed by atoms with Crippen LogP contribution in [0.15, 0.2) is 0 Å². The first kappa shape index (κ1) is 42.8. The highest BCUT2D eigenvalue weighted by molar-refractivity contribution is 8.13. The molecule has 2 amide bonds. The molecule has 0 saturated carbocycles. The lowest BCUT2D eigenvalue weighted by Crippen LogP contribution is -2.11. The lowest BCUT2D eigenvalue weighted by molar-refractivity contribution is -0.138. The summed E-state index contributed by atoms with van der Waals surface area (Å²) in [4.78, 5) is 58.3. The first-order valence-electron chi connectivity index (χ1n) is 8.29. The van der Waals surface area contributed by atoms with E-state index in [4.69, 9.17) is 0 Å². The molecule has 0 aromatic rings. The van der Waals surface area contributed by atoms with E-state index in [0.717, 1.165) is 0 Å². The quantitative estimate of drug-likeness (QED) is 0.477. The van der Waals surface area contributed by atoms with Crippen molar-refractivity contribution in [3.63, 3.8) is 0 Å². The molecule has 0 heterocycles. The van der Waals surface area contributed by atoms with Crippen molar-refractivity contribution in [3.8, 4) is 0 Å². The van der Waals surface area contributed by atoms with Crippen molar-refractivity contribution in [3.05, 3.63) is 0 Å². The zero-order chi connectivity index (χ0) is 26.4. The van der Waals surface area contributed by atoms with Gasteiger partial charge < -0.3 is 24.8 Å². The molecule has 0 unspecified atom stereocenters. The summed E-state index contributed by atoms with van der Waals surface area (Å²) in [7, 11) is 7.06. The number of carbonyl (C=O) groups excluding carboxylic acids is 6. The van der Waals surface area contributed by atoms with Crippen LogP contribution in [0.1, 0.15) is 37.5 Å². The Morgan fingerprint density at radius 2 is 0.774 bits per heavy atom. The van der Waals surface area contributed by atoms with Gasteiger partial charge in [-0.1, -0.05) is 23.5 Å². The van der Waals surface area contributed by atoms with Crippen LogP contribution in [0.25, 0.3) is 0 Å². The number of methoxy groups -OCH3 is 3. The Balaban J connectivity index is -0.0000000375. The second-order valence-corrected chi connectivity index (χ2v) is 6.32. The number of rotatable bonds is 0. The Labute approximate surface area is 197 Å². The van der Waals surface area contributed by atoms with Crippen LogP contribution < -0.4 is 10.6 Å². The fourth-order valence-corrected chi connectivity index (χ4v) is 0.0833. The molecular weight excluding hydrogens is 452 g/mol. The van der Waals surface area contributed by atoms with E-state index in [1.807, 2.05) is 0 Å². The van der Waals surface area contributed by atoms with E-state index >= 15 is 0 Å². The molecule has 2 N–H and O–H groups in total. The fourth-order valence-electron chi connectivity index (χ4n) is 0.0833. The molecule has 0 radical (unpaired) electrons. The minimum absolute atomic E-state index is 0. The first-order chi connectivity index (χ1) is 14.2. The molecule has 0 spiro atoms. The van der Waals surface area contributed by atoms with E-state index in [0.29, 0.717) is 0 Å². The number of hydrogen-bond donors (Lipinski definition) is 2. The van der Waals surface area contributed by atoms with Crippen molar-refractivity contribution in [1.82, 2.24) is 10.6 Å². The largest absolute Gasteiger partial charge is 0.507 e. The van der Waals surface area contributed by atoms with E-state index in [9.17, 15) is 28.8 Å². The molecule has 0 aliphatic rings. The van der Waals surface area contributed by atoms with E-state index in [-0.39, 0.29) is 30.9 Å². The second-order valence-electron chi connectivity index (χ2n) is 4.36. The Morgan fingerprint density at radius 1 is 0.613 bits per heavy atom. The van der Waals surface area contributed by atoms with Gasteiger partial charge in [0.25, 0.3) is 0 Å². The zero-order valence-corrected chi connectivity index (χ0v) is 22.1. The van der Waals surface area contributed by atoms with Crippen molar-refractivity contribution >= 4 is 57.7 Å². The molecule has 0 saturated heterocycles. The van der Waals surface area contributed by atoms with Crippen molar-refractivity contribution in [2.75, 3.05) is 47.9 Å². The lowest BCUT2D eigenvalue weighted by atomic mass is 10.7. The molecule has 0 bridgehead atoms. The first-order valence-corrected chi connectivity index (χ1v) is 10.7. The summed E-state index contributed by atoms with van der Waals surface area (Å²) < 4.78 is 12.2. The number of ether oxygens (including phenoxy) is 3. The molecule has 0 aromatic heterocycles. The van der Waals surface area contributed by atoms with Crippen molar-refractivity contribution < 1.29 is 45.8 Å². The van der Waals surface area contributed by atoms with Gasteiger partial charge in [0.15, 0.2) is 10.2 Å². The normalized spacial score (nSPS) is 7.10. The topological polar surface area (TPSA) is 154 Å². The molecule has 31 heavy (non-hydrogen) atoms. The predicted octanol–water partition coefficient (Wildman–Crippen LogP) is 2.37. The van der Waals surface area contributed by atoms with Gasteiger partial charge in [-0.05, 0) is 12.5 Å². The number of hydrogen-bond acceptors (Lipinski definition) is 11.